The lowest BCUT2D eigenvalue weighted by atomic mass is 10.3. The first kappa shape index (κ1) is 15.7. The minimum Gasteiger partial charge on any atom is -0.495 e. The van der Waals surface area contributed by atoms with Gasteiger partial charge in [-0.15, -0.1) is 0 Å². The van der Waals surface area contributed by atoms with Gasteiger partial charge in [0, 0.05) is 17.0 Å². The molecular formula is C14H22N2O2S. The van der Waals surface area contributed by atoms with Gasteiger partial charge in [-0.25, -0.2) is 4.79 Å². The van der Waals surface area contributed by atoms with Crippen molar-refractivity contribution in [2.75, 3.05) is 24.7 Å². The Kier molecular flexibility index (Phi) is 6.02. The zero-order valence-corrected chi connectivity index (χ0v) is 12.8. The Morgan fingerprint density at radius 3 is 2.63 bits per heavy atom. The number of ether oxygens (including phenoxy) is 1. The van der Waals surface area contributed by atoms with E-state index in [0.717, 1.165) is 5.75 Å². The van der Waals surface area contributed by atoms with E-state index in [9.17, 15) is 4.79 Å². The molecule has 1 rings (SSSR count). The van der Waals surface area contributed by atoms with Gasteiger partial charge in [-0.05, 0) is 12.1 Å². The summed E-state index contributed by atoms with van der Waals surface area (Å²) in [7, 11) is 1.58. The van der Waals surface area contributed by atoms with Crippen LogP contribution in [0.5, 0.6) is 5.75 Å². The number of urea groups is 1. The average Bonchev–Trinajstić information content (AvgIpc) is 2.34. The zero-order valence-electron chi connectivity index (χ0n) is 11.9. The number of carbonyl (C=O) groups is 1. The van der Waals surface area contributed by atoms with E-state index in [0.29, 0.717) is 18.0 Å². The lowest BCUT2D eigenvalue weighted by Crippen LogP contribution is -2.31. The second kappa shape index (κ2) is 7.28. The van der Waals surface area contributed by atoms with Crippen LogP contribution in [-0.2, 0) is 0 Å². The summed E-state index contributed by atoms with van der Waals surface area (Å²) in [5.74, 6) is 1.55. The van der Waals surface area contributed by atoms with E-state index >= 15 is 0 Å². The van der Waals surface area contributed by atoms with Crippen molar-refractivity contribution in [2.45, 2.75) is 25.5 Å². The number of para-hydroxylation sites is 2. The summed E-state index contributed by atoms with van der Waals surface area (Å²) in [5, 5.41) is 5.60. The van der Waals surface area contributed by atoms with E-state index in [1.165, 1.54) is 0 Å². The first-order valence-corrected chi connectivity index (χ1v) is 7.23. The molecule has 0 heterocycles. The normalized spacial score (nSPS) is 10.9. The Morgan fingerprint density at radius 1 is 1.32 bits per heavy atom. The van der Waals surface area contributed by atoms with Crippen LogP contribution in [0.15, 0.2) is 24.3 Å². The van der Waals surface area contributed by atoms with Gasteiger partial charge in [0.2, 0.25) is 0 Å². The maximum Gasteiger partial charge on any atom is 0.319 e. The molecular weight excluding hydrogens is 260 g/mol. The molecule has 4 nitrogen and oxygen atoms in total. The molecule has 0 saturated carbocycles. The van der Waals surface area contributed by atoms with Crippen LogP contribution in [0.2, 0.25) is 0 Å². The van der Waals surface area contributed by atoms with Crippen LogP contribution < -0.4 is 15.4 Å². The summed E-state index contributed by atoms with van der Waals surface area (Å²) in [4.78, 5) is 11.7. The average molecular weight is 282 g/mol. The van der Waals surface area contributed by atoms with E-state index < -0.39 is 0 Å². The van der Waals surface area contributed by atoms with Crippen molar-refractivity contribution < 1.29 is 9.53 Å². The number of hydrogen-bond donors (Lipinski definition) is 2. The van der Waals surface area contributed by atoms with Crippen molar-refractivity contribution in [1.82, 2.24) is 5.32 Å². The van der Waals surface area contributed by atoms with Gasteiger partial charge in [0.1, 0.15) is 5.75 Å². The summed E-state index contributed by atoms with van der Waals surface area (Å²) >= 11 is 1.82. The molecule has 19 heavy (non-hydrogen) atoms. The van der Waals surface area contributed by atoms with Crippen LogP contribution in [-0.4, -0.2) is 30.2 Å². The number of methoxy groups -OCH3 is 1. The Labute approximate surface area is 119 Å². The van der Waals surface area contributed by atoms with Crippen LogP contribution in [0.3, 0.4) is 0 Å². The standard InChI is InChI=1S/C14H22N2O2S/c1-14(2,3)19-10-9-15-13(17)16-11-7-5-6-8-12(11)18-4/h5-8H,9-10H2,1-4H3,(H2,15,16,17). The molecule has 0 atom stereocenters. The van der Waals surface area contributed by atoms with E-state index in [1.807, 2.05) is 36.0 Å². The second-order valence-corrected chi connectivity index (χ2v) is 6.96. The smallest absolute Gasteiger partial charge is 0.319 e. The minimum absolute atomic E-state index is 0.209. The third kappa shape index (κ3) is 6.38. The highest BCUT2D eigenvalue weighted by Gasteiger charge is 2.10. The summed E-state index contributed by atoms with van der Waals surface area (Å²) in [6, 6.07) is 7.13. The fourth-order valence-corrected chi connectivity index (χ4v) is 2.25. The highest BCUT2D eigenvalue weighted by Crippen LogP contribution is 2.23. The Balaban J connectivity index is 2.35. The molecule has 0 spiro atoms. The predicted octanol–water partition coefficient (Wildman–Crippen LogP) is 3.35. The zero-order chi connectivity index (χ0) is 14.3. The van der Waals surface area contributed by atoms with Crippen molar-refractivity contribution >= 4 is 23.5 Å². The van der Waals surface area contributed by atoms with Gasteiger partial charge in [-0.1, -0.05) is 32.9 Å². The molecule has 0 unspecified atom stereocenters. The van der Waals surface area contributed by atoms with Crippen molar-refractivity contribution in [3.05, 3.63) is 24.3 Å². The van der Waals surface area contributed by atoms with Crippen molar-refractivity contribution in [3.63, 3.8) is 0 Å². The summed E-state index contributed by atoms with van der Waals surface area (Å²) in [6.45, 7) is 7.12. The van der Waals surface area contributed by atoms with E-state index in [2.05, 4.69) is 31.4 Å². The largest absolute Gasteiger partial charge is 0.495 e. The maximum atomic E-state index is 11.7. The third-order valence-corrected chi connectivity index (χ3v) is 3.55. The molecule has 0 aromatic heterocycles. The van der Waals surface area contributed by atoms with E-state index in [4.69, 9.17) is 4.74 Å². The van der Waals surface area contributed by atoms with Gasteiger partial charge < -0.3 is 15.4 Å². The number of benzene rings is 1. The summed E-state index contributed by atoms with van der Waals surface area (Å²) < 4.78 is 5.39. The number of amides is 2. The quantitative estimate of drug-likeness (QED) is 0.814. The first-order chi connectivity index (χ1) is 8.92. The molecule has 1 aromatic rings. The van der Waals surface area contributed by atoms with Crippen molar-refractivity contribution in [3.8, 4) is 5.75 Å². The van der Waals surface area contributed by atoms with Crippen LogP contribution in [0.25, 0.3) is 0 Å². The number of nitrogens with one attached hydrogen (secondary N) is 2. The van der Waals surface area contributed by atoms with Crippen molar-refractivity contribution in [1.29, 1.82) is 0 Å². The van der Waals surface area contributed by atoms with Crippen LogP contribution in [0, 0.1) is 0 Å². The highest BCUT2D eigenvalue weighted by atomic mass is 32.2. The van der Waals surface area contributed by atoms with E-state index in [-0.39, 0.29) is 10.8 Å². The van der Waals surface area contributed by atoms with Crippen LogP contribution in [0.4, 0.5) is 10.5 Å². The van der Waals surface area contributed by atoms with Gasteiger partial charge in [-0.3, -0.25) is 0 Å². The molecule has 0 bridgehead atoms. The molecule has 0 fully saturated rings. The fourth-order valence-electron chi connectivity index (χ4n) is 1.44. The minimum atomic E-state index is -0.209. The molecule has 0 aliphatic rings. The summed E-state index contributed by atoms with van der Waals surface area (Å²) in [6.07, 6.45) is 0. The fraction of sp³-hybridized carbons (Fsp3) is 0.500. The topological polar surface area (TPSA) is 50.4 Å². The second-order valence-electron chi connectivity index (χ2n) is 5.04. The van der Waals surface area contributed by atoms with Gasteiger partial charge >= 0.3 is 6.03 Å². The molecule has 0 aliphatic carbocycles. The van der Waals surface area contributed by atoms with Gasteiger partial charge in [0.25, 0.3) is 0 Å². The predicted molar refractivity (Wildman–Crippen MR) is 82.2 cm³/mol. The number of carbonyl (C=O) groups excluding carboxylic acids is 1. The van der Waals surface area contributed by atoms with Gasteiger partial charge in [-0.2, -0.15) is 11.8 Å². The number of rotatable bonds is 5. The molecule has 0 radical (unpaired) electrons. The Hall–Kier alpha value is -1.36. The molecule has 2 amide bonds. The number of hydrogen-bond acceptors (Lipinski definition) is 3. The van der Waals surface area contributed by atoms with Gasteiger partial charge in [0.15, 0.2) is 0 Å². The van der Waals surface area contributed by atoms with Crippen LogP contribution >= 0.6 is 11.8 Å². The Morgan fingerprint density at radius 2 is 2.00 bits per heavy atom. The first-order valence-electron chi connectivity index (χ1n) is 6.24. The number of anilines is 1. The lowest BCUT2D eigenvalue weighted by molar-refractivity contribution is 0.252. The SMILES string of the molecule is COc1ccccc1NC(=O)NCCSC(C)(C)C. The molecule has 0 aliphatic heterocycles. The third-order valence-electron chi connectivity index (χ3n) is 2.28. The van der Waals surface area contributed by atoms with E-state index in [1.54, 1.807) is 7.11 Å². The van der Waals surface area contributed by atoms with Gasteiger partial charge in [0.05, 0.1) is 12.8 Å². The molecule has 0 saturated heterocycles. The summed E-state index contributed by atoms with van der Waals surface area (Å²) in [5.41, 5.74) is 0.672. The molecule has 2 N–H and O–H groups in total. The lowest BCUT2D eigenvalue weighted by Gasteiger charge is -2.17. The number of thioether (sulfide) groups is 1. The monoisotopic (exact) mass is 282 g/mol. The molecule has 106 valence electrons. The maximum absolute atomic E-state index is 11.7. The Bertz CT molecular complexity index is 416. The highest BCUT2D eigenvalue weighted by molar-refractivity contribution is 8.00. The van der Waals surface area contributed by atoms with Crippen LogP contribution in [0.1, 0.15) is 20.8 Å². The molecule has 1 aromatic carbocycles. The molecule has 5 heteroatoms. The van der Waals surface area contributed by atoms with Crippen molar-refractivity contribution in [2.24, 2.45) is 0 Å².